The van der Waals surface area contributed by atoms with Gasteiger partial charge >= 0.3 is 0 Å². The van der Waals surface area contributed by atoms with Gasteiger partial charge in [-0.1, -0.05) is 37.3 Å². The van der Waals surface area contributed by atoms with Gasteiger partial charge in [0.15, 0.2) is 0 Å². The van der Waals surface area contributed by atoms with E-state index in [0.29, 0.717) is 6.61 Å². The minimum absolute atomic E-state index is 0.0389. The van der Waals surface area contributed by atoms with E-state index in [9.17, 15) is 9.90 Å². The van der Waals surface area contributed by atoms with Crippen LogP contribution in [0.3, 0.4) is 0 Å². The smallest absolute Gasteiger partial charge is 0.246 e. The summed E-state index contributed by atoms with van der Waals surface area (Å²) < 4.78 is 5.13. The zero-order valence-electron chi connectivity index (χ0n) is 10.1. The van der Waals surface area contributed by atoms with Crippen molar-refractivity contribution in [1.82, 2.24) is 5.32 Å². The van der Waals surface area contributed by atoms with Gasteiger partial charge in [-0.05, 0) is 12.0 Å². The van der Waals surface area contributed by atoms with Gasteiger partial charge in [0, 0.05) is 6.61 Å². The van der Waals surface area contributed by atoms with Crippen LogP contribution in [-0.2, 0) is 9.53 Å². The van der Waals surface area contributed by atoms with Crippen molar-refractivity contribution in [2.75, 3.05) is 19.8 Å². The quantitative estimate of drug-likeness (QED) is 0.702. The predicted molar refractivity (Wildman–Crippen MR) is 65.5 cm³/mol. The van der Waals surface area contributed by atoms with Crippen LogP contribution < -0.4 is 5.32 Å². The number of hydrogen-bond donors (Lipinski definition) is 2. The van der Waals surface area contributed by atoms with Crippen LogP contribution in [0.2, 0.25) is 0 Å². The molecule has 1 rings (SSSR count). The largest absolute Gasteiger partial charge is 0.394 e. The third kappa shape index (κ3) is 4.97. The van der Waals surface area contributed by atoms with Crippen LogP contribution in [0.4, 0.5) is 0 Å². The molecule has 0 unspecified atom stereocenters. The van der Waals surface area contributed by atoms with Crippen molar-refractivity contribution in [3.63, 3.8) is 0 Å². The maximum Gasteiger partial charge on any atom is 0.246 e. The van der Waals surface area contributed by atoms with Crippen molar-refractivity contribution >= 4 is 5.91 Å². The lowest BCUT2D eigenvalue weighted by molar-refractivity contribution is -0.126. The number of carbonyl (C=O) groups is 1. The van der Waals surface area contributed by atoms with Gasteiger partial charge in [0.2, 0.25) is 5.91 Å². The second kappa shape index (κ2) is 7.81. The Balaban J connectivity index is 2.44. The fourth-order valence-corrected chi connectivity index (χ4v) is 1.46. The summed E-state index contributed by atoms with van der Waals surface area (Å²) in [7, 11) is 0. The molecule has 0 heterocycles. The zero-order valence-corrected chi connectivity index (χ0v) is 10.1. The summed E-state index contributed by atoms with van der Waals surface area (Å²) in [5.74, 6) is -0.207. The normalized spacial score (nSPS) is 12.1. The summed E-state index contributed by atoms with van der Waals surface area (Å²) in [6.45, 7) is 2.47. The second-order valence-electron chi connectivity index (χ2n) is 3.77. The molecule has 0 radical (unpaired) electrons. The van der Waals surface area contributed by atoms with Crippen LogP contribution >= 0.6 is 0 Å². The Morgan fingerprint density at radius 3 is 2.71 bits per heavy atom. The van der Waals surface area contributed by atoms with Crippen molar-refractivity contribution in [2.24, 2.45) is 0 Å². The minimum atomic E-state index is -0.367. The van der Waals surface area contributed by atoms with Crippen LogP contribution in [0.5, 0.6) is 0 Å². The monoisotopic (exact) mass is 237 g/mol. The van der Waals surface area contributed by atoms with E-state index in [2.05, 4.69) is 5.32 Å². The third-order valence-electron chi connectivity index (χ3n) is 2.30. The van der Waals surface area contributed by atoms with Gasteiger partial charge in [-0.2, -0.15) is 0 Å². The molecule has 0 aliphatic carbocycles. The first-order chi connectivity index (χ1) is 8.27. The Bertz CT molecular complexity index is 327. The highest BCUT2D eigenvalue weighted by atomic mass is 16.5. The van der Waals surface area contributed by atoms with Crippen LogP contribution in [0, 0.1) is 0 Å². The lowest BCUT2D eigenvalue weighted by Gasteiger charge is -2.16. The number of aliphatic hydroxyl groups excluding tert-OH is 1. The highest BCUT2D eigenvalue weighted by molar-refractivity contribution is 5.77. The number of ether oxygens (including phenoxy) is 1. The van der Waals surface area contributed by atoms with E-state index in [1.54, 1.807) is 0 Å². The molecule has 1 aromatic rings. The predicted octanol–water partition coefficient (Wildman–Crippen LogP) is 1.26. The third-order valence-corrected chi connectivity index (χ3v) is 2.30. The number of rotatable bonds is 7. The van der Waals surface area contributed by atoms with Gasteiger partial charge in [0.05, 0.1) is 12.6 Å². The van der Waals surface area contributed by atoms with Crippen molar-refractivity contribution in [2.45, 2.75) is 19.4 Å². The van der Waals surface area contributed by atoms with E-state index in [1.165, 1.54) is 0 Å². The summed E-state index contributed by atoms with van der Waals surface area (Å²) in [6.07, 6.45) is 0.884. The molecule has 4 nitrogen and oxygen atoms in total. The first-order valence-electron chi connectivity index (χ1n) is 5.80. The van der Waals surface area contributed by atoms with Crippen LogP contribution in [0.1, 0.15) is 24.9 Å². The Kier molecular flexibility index (Phi) is 6.29. The Morgan fingerprint density at radius 1 is 1.41 bits per heavy atom. The van der Waals surface area contributed by atoms with E-state index in [4.69, 9.17) is 4.74 Å². The average molecular weight is 237 g/mol. The lowest BCUT2D eigenvalue weighted by Crippen LogP contribution is -2.33. The van der Waals surface area contributed by atoms with Gasteiger partial charge in [0.25, 0.3) is 0 Å². The van der Waals surface area contributed by atoms with E-state index in [-0.39, 0.29) is 25.2 Å². The number of carbonyl (C=O) groups excluding carboxylic acids is 1. The van der Waals surface area contributed by atoms with Crippen molar-refractivity contribution in [1.29, 1.82) is 0 Å². The fraction of sp³-hybridized carbons (Fsp3) is 0.462. The number of nitrogens with one attached hydrogen (secondary N) is 1. The first kappa shape index (κ1) is 13.7. The Labute approximate surface area is 102 Å². The molecular formula is C13H19NO3. The van der Waals surface area contributed by atoms with E-state index < -0.39 is 0 Å². The van der Waals surface area contributed by atoms with E-state index >= 15 is 0 Å². The standard InChI is InChI=1S/C13H19NO3/c1-2-8-17-10-13(16)14-12(9-15)11-6-4-3-5-7-11/h3-7,12,15H,2,8-10H2,1H3,(H,14,16)/t12-/m1/s1. The molecule has 1 amide bonds. The van der Waals surface area contributed by atoms with Crippen LogP contribution in [0.15, 0.2) is 30.3 Å². The van der Waals surface area contributed by atoms with Crippen LogP contribution in [-0.4, -0.2) is 30.8 Å². The molecule has 0 fully saturated rings. The highest BCUT2D eigenvalue weighted by Crippen LogP contribution is 2.11. The summed E-state index contributed by atoms with van der Waals surface area (Å²) in [5.41, 5.74) is 0.888. The second-order valence-corrected chi connectivity index (χ2v) is 3.77. The summed E-state index contributed by atoms with van der Waals surface area (Å²) in [5, 5.41) is 12.0. The fourth-order valence-electron chi connectivity index (χ4n) is 1.46. The van der Waals surface area contributed by atoms with Gasteiger partial charge in [-0.15, -0.1) is 0 Å². The molecule has 0 spiro atoms. The number of hydrogen-bond acceptors (Lipinski definition) is 3. The molecule has 4 heteroatoms. The maximum atomic E-state index is 11.5. The number of benzene rings is 1. The topological polar surface area (TPSA) is 58.6 Å². The van der Waals surface area contributed by atoms with Crippen molar-refractivity contribution in [3.8, 4) is 0 Å². The van der Waals surface area contributed by atoms with Gasteiger partial charge < -0.3 is 15.2 Å². The number of aliphatic hydroxyl groups is 1. The van der Waals surface area contributed by atoms with E-state index in [0.717, 1.165) is 12.0 Å². The summed E-state index contributed by atoms with van der Waals surface area (Å²) in [6, 6.07) is 9.01. The zero-order chi connectivity index (χ0) is 12.5. The molecule has 1 aromatic carbocycles. The Morgan fingerprint density at radius 2 is 2.12 bits per heavy atom. The summed E-state index contributed by atoms with van der Waals surface area (Å²) in [4.78, 5) is 11.5. The molecule has 0 aromatic heterocycles. The van der Waals surface area contributed by atoms with Crippen LogP contribution in [0.25, 0.3) is 0 Å². The maximum absolute atomic E-state index is 11.5. The molecular weight excluding hydrogens is 218 g/mol. The molecule has 0 aliphatic heterocycles. The van der Waals surface area contributed by atoms with E-state index in [1.807, 2.05) is 37.3 Å². The Hall–Kier alpha value is -1.39. The number of amides is 1. The summed E-state index contributed by atoms with van der Waals surface area (Å²) >= 11 is 0. The molecule has 17 heavy (non-hydrogen) atoms. The molecule has 2 N–H and O–H groups in total. The lowest BCUT2D eigenvalue weighted by atomic mass is 10.1. The van der Waals surface area contributed by atoms with Gasteiger partial charge in [-0.3, -0.25) is 4.79 Å². The molecule has 0 aliphatic rings. The molecule has 0 saturated carbocycles. The van der Waals surface area contributed by atoms with Crippen molar-refractivity contribution in [3.05, 3.63) is 35.9 Å². The van der Waals surface area contributed by atoms with Gasteiger partial charge in [-0.25, -0.2) is 0 Å². The molecule has 1 atom stereocenters. The first-order valence-corrected chi connectivity index (χ1v) is 5.80. The highest BCUT2D eigenvalue weighted by Gasteiger charge is 2.12. The van der Waals surface area contributed by atoms with Gasteiger partial charge in [0.1, 0.15) is 6.61 Å². The molecule has 0 saturated heterocycles. The average Bonchev–Trinajstić information content (AvgIpc) is 2.37. The molecule has 94 valence electrons. The SMILES string of the molecule is CCCOCC(=O)N[C@H](CO)c1ccccc1. The molecule has 0 bridgehead atoms. The van der Waals surface area contributed by atoms with Crippen molar-refractivity contribution < 1.29 is 14.6 Å². The minimum Gasteiger partial charge on any atom is -0.394 e.